The van der Waals surface area contributed by atoms with Gasteiger partial charge in [-0.3, -0.25) is 0 Å². The van der Waals surface area contributed by atoms with Gasteiger partial charge in [-0.15, -0.1) is 0 Å². The fourth-order valence-electron chi connectivity index (χ4n) is 2.17. The molecule has 0 spiro atoms. The smallest absolute Gasteiger partial charge is 0.144 e. The van der Waals surface area contributed by atoms with E-state index in [1.54, 1.807) is 0 Å². The fourth-order valence-corrected chi connectivity index (χ4v) is 2.17. The quantitative estimate of drug-likeness (QED) is 0.264. The van der Waals surface area contributed by atoms with Gasteiger partial charge in [-0.05, 0) is 37.5 Å². The Hall–Kier alpha value is -1.71. The first-order chi connectivity index (χ1) is 9.36. The highest BCUT2D eigenvalue weighted by Gasteiger charge is 2.22. The predicted molar refractivity (Wildman–Crippen MR) is 85.5 cm³/mol. The van der Waals surface area contributed by atoms with E-state index in [4.69, 9.17) is 10.9 Å². The van der Waals surface area contributed by atoms with Crippen LogP contribution in [0.5, 0.6) is 0 Å². The molecule has 20 heavy (non-hydrogen) atoms. The van der Waals surface area contributed by atoms with Gasteiger partial charge in [0.05, 0.1) is 0 Å². The average molecular weight is 277 g/mol. The van der Waals surface area contributed by atoms with Gasteiger partial charge in [-0.2, -0.15) is 0 Å². The second-order valence-corrected chi connectivity index (χ2v) is 6.09. The topological polar surface area (TPSA) is 61.8 Å². The molecule has 3 N–H and O–H groups in total. The Morgan fingerprint density at radius 2 is 2.05 bits per heavy atom. The van der Waals surface area contributed by atoms with E-state index in [-0.39, 0.29) is 5.41 Å². The van der Waals surface area contributed by atoms with Crippen molar-refractivity contribution in [3.63, 3.8) is 0 Å². The summed E-state index contributed by atoms with van der Waals surface area (Å²) in [5.74, 6) is 0.310. The van der Waals surface area contributed by atoms with E-state index in [9.17, 15) is 0 Å². The molecule has 0 aliphatic heterocycles. The molecule has 0 saturated carbocycles. The molecule has 0 fully saturated rings. The number of amidine groups is 1. The molecule has 0 bridgehead atoms. The Morgan fingerprint density at radius 1 is 1.35 bits per heavy atom. The lowest BCUT2D eigenvalue weighted by atomic mass is 9.86. The monoisotopic (exact) mass is 277 g/mol. The van der Waals surface area contributed by atoms with E-state index < -0.39 is 0 Å². The maximum Gasteiger partial charge on any atom is 0.144 e. The zero-order valence-electron chi connectivity index (χ0n) is 13.1. The number of aryl methyl sites for hydroxylation is 1. The van der Waals surface area contributed by atoms with Crippen LogP contribution in [0.1, 0.15) is 38.7 Å². The normalized spacial score (nSPS) is 12.5. The summed E-state index contributed by atoms with van der Waals surface area (Å²) in [6.07, 6.45) is 3.07. The van der Waals surface area contributed by atoms with Crippen LogP contribution in [0.2, 0.25) is 0 Å². The van der Waals surface area contributed by atoms with Crippen LogP contribution in [0.25, 0.3) is 0 Å². The molecule has 0 heterocycles. The van der Waals surface area contributed by atoms with Crippen molar-refractivity contribution in [1.82, 2.24) is 0 Å². The summed E-state index contributed by atoms with van der Waals surface area (Å²) >= 11 is 0. The number of nitrogens with two attached hydrogens (primary N) is 1. The third-order valence-electron chi connectivity index (χ3n) is 3.79. The first kappa shape index (κ1) is 16.3. The van der Waals surface area contributed by atoms with E-state index in [0.29, 0.717) is 5.84 Å². The molecule has 0 aromatic heterocycles. The van der Waals surface area contributed by atoms with Gasteiger partial charge in [0.1, 0.15) is 5.84 Å². The molecule has 0 aliphatic rings. The maximum absolute atomic E-state index is 8.74. The minimum Gasteiger partial charge on any atom is -0.409 e. The number of oxime groups is 1. The Balaban J connectivity index is 2.38. The van der Waals surface area contributed by atoms with Crippen LogP contribution in [0.4, 0.5) is 5.69 Å². The molecule has 4 heteroatoms. The van der Waals surface area contributed by atoms with Crippen molar-refractivity contribution in [2.75, 3.05) is 18.5 Å². The highest BCUT2D eigenvalue weighted by atomic mass is 16.4. The summed E-state index contributed by atoms with van der Waals surface area (Å²) in [5, 5.41) is 11.9. The summed E-state index contributed by atoms with van der Waals surface area (Å²) in [6.45, 7) is 7.13. The van der Waals surface area contributed by atoms with Gasteiger partial charge in [0, 0.05) is 24.7 Å². The molecule has 0 atom stereocenters. The minimum absolute atomic E-state index is 0.239. The third kappa shape index (κ3) is 4.76. The zero-order valence-corrected chi connectivity index (χ0v) is 13.1. The molecular weight excluding hydrogens is 250 g/mol. The Bertz CT molecular complexity index is 455. The van der Waals surface area contributed by atoms with E-state index >= 15 is 0 Å². The summed E-state index contributed by atoms with van der Waals surface area (Å²) in [7, 11) is 2.11. The number of unbranched alkanes of at least 4 members (excludes halogenated alkanes) is 1. The molecule has 1 aromatic rings. The highest BCUT2D eigenvalue weighted by molar-refractivity contribution is 5.85. The second-order valence-electron chi connectivity index (χ2n) is 6.09. The van der Waals surface area contributed by atoms with Crippen molar-refractivity contribution in [3.05, 3.63) is 29.8 Å². The predicted octanol–water partition coefficient (Wildman–Crippen LogP) is 3.37. The third-order valence-corrected chi connectivity index (χ3v) is 3.79. The van der Waals surface area contributed by atoms with Crippen LogP contribution in [0, 0.1) is 12.3 Å². The summed E-state index contributed by atoms with van der Waals surface area (Å²) in [4.78, 5) is 2.27. The van der Waals surface area contributed by atoms with E-state index in [1.165, 1.54) is 11.3 Å². The molecule has 1 rings (SSSR count). The molecule has 0 radical (unpaired) electrons. The summed E-state index contributed by atoms with van der Waals surface area (Å²) < 4.78 is 0. The van der Waals surface area contributed by atoms with Gasteiger partial charge < -0.3 is 15.8 Å². The van der Waals surface area contributed by atoms with Gasteiger partial charge in [0.2, 0.25) is 0 Å². The fraction of sp³-hybridized carbons (Fsp3) is 0.562. The number of rotatable bonds is 7. The number of anilines is 1. The summed E-state index contributed by atoms with van der Waals surface area (Å²) in [5.41, 5.74) is 7.98. The number of benzene rings is 1. The zero-order chi connectivity index (χ0) is 15.2. The number of nitrogens with zero attached hydrogens (tertiary/aromatic N) is 2. The van der Waals surface area contributed by atoms with Gasteiger partial charge in [0.15, 0.2) is 0 Å². The van der Waals surface area contributed by atoms with Crippen LogP contribution in [-0.2, 0) is 0 Å². The number of hydrogen-bond donors (Lipinski definition) is 2. The van der Waals surface area contributed by atoms with E-state index in [1.807, 2.05) is 13.8 Å². The summed E-state index contributed by atoms with van der Waals surface area (Å²) in [6, 6.07) is 8.52. The van der Waals surface area contributed by atoms with Crippen LogP contribution in [0.3, 0.4) is 0 Å². The largest absolute Gasteiger partial charge is 0.409 e. The van der Waals surface area contributed by atoms with Crippen molar-refractivity contribution in [1.29, 1.82) is 0 Å². The van der Waals surface area contributed by atoms with Crippen molar-refractivity contribution >= 4 is 11.5 Å². The Kier molecular flexibility index (Phi) is 5.86. The molecule has 0 amide bonds. The lowest BCUT2D eigenvalue weighted by molar-refractivity contribution is 0.304. The Morgan fingerprint density at radius 3 is 2.65 bits per heavy atom. The standard InChI is InChI=1S/C16H27N3O/c1-13-8-7-9-14(12-13)19(4)11-6-5-10-16(2,3)15(17)18-20/h7-9,12,20H,5-6,10-11H2,1-4H3,(H2,17,18). The molecule has 0 aliphatic carbocycles. The first-order valence-corrected chi connectivity index (χ1v) is 7.12. The van der Waals surface area contributed by atoms with Crippen LogP contribution in [-0.4, -0.2) is 24.6 Å². The second kappa shape index (κ2) is 7.17. The molecular formula is C16H27N3O. The van der Waals surface area contributed by atoms with Crippen LogP contribution in [0.15, 0.2) is 29.4 Å². The number of hydrogen-bond acceptors (Lipinski definition) is 3. The average Bonchev–Trinajstić information content (AvgIpc) is 2.42. The van der Waals surface area contributed by atoms with Crippen molar-refractivity contribution < 1.29 is 5.21 Å². The molecule has 0 saturated heterocycles. The minimum atomic E-state index is -0.239. The van der Waals surface area contributed by atoms with Gasteiger partial charge in [-0.25, -0.2) is 0 Å². The van der Waals surface area contributed by atoms with Crippen LogP contribution < -0.4 is 10.6 Å². The molecule has 4 nitrogen and oxygen atoms in total. The Labute approximate surface area is 122 Å². The highest BCUT2D eigenvalue weighted by Crippen LogP contribution is 2.23. The van der Waals surface area contributed by atoms with E-state index in [0.717, 1.165) is 25.8 Å². The van der Waals surface area contributed by atoms with Crippen molar-refractivity contribution in [2.45, 2.75) is 40.0 Å². The molecule has 112 valence electrons. The van der Waals surface area contributed by atoms with Gasteiger partial charge in [0.25, 0.3) is 0 Å². The van der Waals surface area contributed by atoms with Crippen molar-refractivity contribution in [3.8, 4) is 0 Å². The molecule has 0 unspecified atom stereocenters. The van der Waals surface area contributed by atoms with Gasteiger partial charge in [-0.1, -0.05) is 37.6 Å². The van der Waals surface area contributed by atoms with Gasteiger partial charge >= 0.3 is 0 Å². The van der Waals surface area contributed by atoms with Crippen molar-refractivity contribution in [2.24, 2.45) is 16.3 Å². The SMILES string of the molecule is Cc1cccc(N(C)CCCCC(C)(C)/C(N)=N/O)c1. The first-order valence-electron chi connectivity index (χ1n) is 7.12. The van der Waals surface area contributed by atoms with Crippen LogP contribution >= 0.6 is 0 Å². The van der Waals surface area contributed by atoms with E-state index in [2.05, 4.69) is 48.3 Å². The lowest BCUT2D eigenvalue weighted by Gasteiger charge is -2.24. The lowest BCUT2D eigenvalue weighted by Crippen LogP contribution is -2.32. The maximum atomic E-state index is 8.74. The molecule has 1 aromatic carbocycles.